The molecule has 1 N–H and O–H groups in total. The average molecular weight is 350 g/mol. The Kier molecular flexibility index (Phi) is 4.40. The van der Waals surface area contributed by atoms with Crippen LogP contribution >= 0.6 is 11.6 Å². The summed E-state index contributed by atoms with van der Waals surface area (Å²) in [4.78, 5) is 4.22. The van der Waals surface area contributed by atoms with Crippen LogP contribution in [0.5, 0.6) is 0 Å². The second kappa shape index (κ2) is 6.49. The molecule has 0 spiro atoms. The Labute approximate surface area is 140 Å². The number of hydrogen-bond donors (Lipinski definition) is 1. The van der Waals surface area contributed by atoms with Gasteiger partial charge in [0.25, 0.3) is 0 Å². The molecule has 0 amide bonds. The molecule has 3 rings (SSSR count). The Hall–Kier alpha value is -2.60. The fourth-order valence-corrected chi connectivity index (χ4v) is 2.32. The molecule has 122 valence electrons. The van der Waals surface area contributed by atoms with Crippen molar-refractivity contribution >= 4 is 34.4 Å². The van der Waals surface area contributed by atoms with E-state index >= 15 is 0 Å². The minimum Gasteiger partial charge on any atom is -0.278 e. The monoisotopic (exact) mass is 349 g/mol. The van der Waals surface area contributed by atoms with Crippen LogP contribution in [0.25, 0.3) is 10.9 Å². The predicted octanol–water partition coefficient (Wildman–Crippen LogP) is 5.35. The van der Waals surface area contributed by atoms with Crippen LogP contribution in [-0.2, 0) is 6.18 Å². The van der Waals surface area contributed by atoms with Crippen molar-refractivity contribution < 1.29 is 13.2 Å². The van der Waals surface area contributed by atoms with Gasteiger partial charge in [0.15, 0.2) is 0 Å². The van der Waals surface area contributed by atoms with Gasteiger partial charge in [-0.25, -0.2) is 0 Å². The van der Waals surface area contributed by atoms with Gasteiger partial charge in [0, 0.05) is 16.6 Å². The van der Waals surface area contributed by atoms with Crippen LogP contribution in [0.3, 0.4) is 0 Å². The van der Waals surface area contributed by atoms with E-state index < -0.39 is 11.7 Å². The number of nitrogens with zero attached hydrogens (tertiary/aromatic N) is 2. The van der Waals surface area contributed by atoms with Crippen LogP contribution < -0.4 is 5.43 Å². The molecule has 0 bridgehead atoms. The summed E-state index contributed by atoms with van der Waals surface area (Å²) >= 11 is 5.93. The van der Waals surface area contributed by atoms with E-state index in [1.54, 1.807) is 24.4 Å². The number of hydrogen-bond acceptors (Lipinski definition) is 3. The van der Waals surface area contributed by atoms with Crippen LogP contribution in [0.2, 0.25) is 5.02 Å². The van der Waals surface area contributed by atoms with Crippen molar-refractivity contribution in [2.45, 2.75) is 6.18 Å². The molecule has 0 aliphatic carbocycles. The van der Waals surface area contributed by atoms with Gasteiger partial charge in [-0.2, -0.15) is 18.3 Å². The topological polar surface area (TPSA) is 37.3 Å². The summed E-state index contributed by atoms with van der Waals surface area (Å²) in [5, 5.41) is 5.48. The first-order valence-electron chi connectivity index (χ1n) is 6.94. The number of pyridine rings is 1. The second-order valence-electron chi connectivity index (χ2n) is 5.01. The van der Waals surface area contributed by atoms with Crippen molar-refractivity contribution in [1.29, 1.82) is 0 Å². The third-order valence-electron chi connectivity index (χ3n) is 3.34. The highest BCUT2D eigenvalue weighted by Crippen LogP contribution is 2.29. The Bertz CT molecular complexity index is 890. The molecule has 0 unspecified atom stereocenters. The van der Waals surface area contributed by atoms with E-state index in [2.05, 4.69) is 15.5 Å². The molecule has 0 aliphatic rings. The minimum atomic E-state index is -4.34. The molecule has 0 atom stereocenters. The van der Waals surface area contributed by atoms with Gasteiger partial charge in [0.1, 0.15) is 0 Å². The number of anilines is 1. The highest BCUT2D eigenvalue weighted by molar-refractivity contribution is 6.31. The van der Waals surface area contributed by atoms with E-state index in [0.717, 1.165) is 28.7 Å². The van der Waals surface area contributed by atoms with Crippen molar-refractivity contribution in [3.8, 4) is 0 Å². The fraction of sp³-hybridized carbons (Fsp3) is 0.0588. The molecule has 0 fully saturated rings. The number of fused-ring (bicyclic) bond motifs is 1. The Balaban J connectivity index is 1.77. The van der Waals surface area contributed by atoms with Crippen molar-refractivity contribution in [3.63, 3.8) is 0 Å². The van der Waals surface area contributed by atoms with E-state index in [4.69, 9.17) is 11.6 Å². The third kappa shape index (κ3) is 3.65. The lowest BCUT2D eigenvalue weighted by Crippen LogP contribution is -2.04. The Morgan fingerprint density at radius 1 is 1.04 bits per heavy atom. The molecule has 0 aliphatic heterocycles. The van der Waals surface area contributed by atoms with Gasteiger partial charge >= 0.3 is 6.18 Å². The van der Waals surface area contributed by atoms with Crippen molar-refractivity contribution in [2.75, 3.05) is 5.43 Å². The highest BCUT2D eigenvalue weighted by atomic mass is 35.5. The van der Waals surface area contributed by atoms with Gasteiger partial charge in [0.2, 0.25) is 0 Å². The van der Waals surface area contributed by atoms with Crippen molar-refractivity contribution in [1.82, 2.24) is 4.98 Å². The predicted molar refractivity (Wildman–Crippen MR) is 89.4 cm³/mol. The van der Waals surface area contributed by atoms with Gasteiger partial charge in [-0.1, -0.05) is 23.7 Å². The smallest absolute Gasteiger partial charge is 0.278 e. The van der Waals surface area contributed by atoms with E-state index in [1.165, 1.54) is 18.3 Å². The molecule has 24 heavy (non-hydrogen) atoms. The number of benzene rings is 2. The molecule has 3 nitrogen and oxygen atoms in total. The van der Waals surface area contributed by atoms with Crippen molar-refractivity contribution in [2.24, 2.45) is 5.10 Å². The number of halogens is 4. The fourth-order valence-electron chi connectivity index (χ4n) is 2.15. The van der Waals surface area contributed by atoms with E-state index in [1.807, 2.05) is 6.07 Å². The van der Waals surface area contributed by atoms with Gasteiger partial charge in [-0.05, 0) is 42.0 Å². The molecule has 2 aromatic carbocycles. The normalized spacial score (nSPS) is 12.0. The molecule has 0 saturated heterocycles. The van der Waals surface area contributed by atoms with Crippen LogP contribution in [0.1, 0.15) is 11.1 Å². The summed E-state index contributed by atoms with van der Waals surface area (Å²) in [7, 11) is 0. The lowest BCUT2D eigenvalue weighted by Gasteiger charge is -2.06. The SMILES string of the molecule is FC(F)(F)c1ccc(/C=N\Nc2ccnc3cc(Cl)ccc23)cc1. The zero-order chi connectivity index (χ0) is 17.2. The van der Waals surface area contributed by atoms with E-state index in [9.17, 15) is 13.2 Å². The number of alkyl halides is 3. The van der Waals surface area contributed by atoms with E-state index in [-0.39, 0.29) is 0 Å². The summed E-state index contributed by atoms with van der Waals surface area (Å²) in [6, 6.07) is 11.8. The van der Waals surface area contributed by atoms with Gasteiger partial charge in [0.05, 0.1) is 23.0 Å². The number of nitrogens with one attached hydrogen (secondary N) is 1. The van der Waals surface area contributed by atoms with Gasteiger partial charge in [-0.3, -0.25) is 10.4 Å². The summed E-state index contributed by atoms with van der Waals surface area (Å²) in [6.45, 7) is 0. The van der Waals surface area contributed by atoms with Crippen LogP contribution in [0.4, 0.5) is 18.9 Å². The first kappa shape index (κ1) is 16.3. The van der Waals surface area contributed by atoms with Gasteiger partial charge < -0.3 is 0 Å². The number of hydrazone groups is 1. The van der Waals surface area contributed by atoms with Gasteiger partial charge in [-0.15, -0.1) is 0 Å². The molecule has 3 aromatic rings. The largest absolute Gasteiger partial charge is 0.416 e. The molecule has 1 heterocycles. The maximum Gasteiger partial charge on any atom is 0.416 e. The average Bonchev–Trinajstić information content (AvgIpc) is 2.54. The first-order chi connectivity index (χ1) is 11.4. The molecule has 7 heteroatoms. The van der Waals surface area contributed by atoms with Crippen LogP contribution in [-0.4, -0.2) is 11.2 Å². The minimum absolute atomic E-state index is 0.553. The third-order valence-corrected chi connectivity index (χ3v) is 3.58. The zero-order valence-corrected chi connectivity index (χ0v) is 12.9. The summed E-state index contributed by atoms with van der Waals surface area (Å²) in [5.41, 5.74) is 4.17. The quantitative estimate of drug-likeness (QED) is 0.511. The van der Waals surface area contributed by atoms with Crippen LogP contribution in [0, 0.1) is 0 Å². The number of aromatic nitrogens is 1. The molecule has 0 radical (unpaired) electrons. The Morgan fingerprint density at radius 2 is 1.79 bits per heavy atom. The number of rotatable bonds is 3. The highest BCUT2D eigenvalue weighted by Gasteiger charge is 2.29. The molecule has 0 saturated carbocycles. The molecular weight excluding hydrogens is 339 g/mol. The van der Waals surface area contributed by atoms with E-state index in [0.29, 0.717) is 10.6 Å². The summed E-state index contributed by atoms with van der Waals surface area (Å²) < 4.78 is 37.5. The maximum absolute atomic E-state index is 12.5. The maximum atomic E-state index is 12.5. The molecular formula is C17H11ClF3N3. The Morgan fingerprint density at radius 3 is 2.50 bits per heavy atom. The lowest BCUT2D eigenvalue weighted by molar-refractivity contribution is -0.137. The summed E-state index contributed by atoms with van der Waals surface area (Å²) in [5.74, 6) is 0. The zero-order valence-electron chi connectivity index (χ0n) is 12.2. The van der Waals surface area contributed by atoms with Crippen LogP contribution in [0.15, 0.2) is 59.8 Å². The first-order valence-corrected chi connectivity index (χ1v) is 7.32. The molecule has 1 aromatic heterocycles. The summed E-state index contributed by atoms with van der Waals surface area (Å²) in [6.07, 6.45) is -1.28. The lowest BCUT2D eigenvalue weighted by atomic mass is 10.1. The van der Waals surface area contributed by atoms with Crippen molar-refractivity contribution in [3.05, 3.63) is 70.9 Å². The standard InChI is InChI=1S/C17H11ClF3N3/c18-13-5-6-14-15(7-8-22-16(14)9-13)24-23-10-11-1-3-12(4-2-11)17(19,20)21/h1-10H,(H,22,24)/b23-10-. The second-order valence-corrected chi connectivity index (χ2v) is 5.45.